The number of aryl methyl sites for hydroxylation is 1. The Kier molecular flexibility index (Phi) is 4.18. The zero-order valence-electron chi connectivity index (χ0n) is 12.8. The molecule has 0 bridgehead atoms. The topological polar surface area (TPSA) is 48.7 Å². The van der Waals surface area contributed by atoms with E-state index >= 15 is 0 Å². The summed E-state index contributed by atoms with van der Waals surface area (Å²) >= 11 is 0. The maximum atomic E-state index is 12.6. The minimum Gasteiger partial charge on any atom is -0.395 e. The zero-order valence-corrected chi connectivity index (χ0v) is 12.8. The number of aliphatic hydroxyl groups is 1. The standard InChI is InChI=1S/C17H21N3O2/c1-13-11-14-3-4-15(12-16(14)18(13)2)17(22)20-7-5-19(6-8-20)9-10-21/h1,3-4,11-12,21H,5-10H2,2H3. The minimum atomic E-state index is 0.0605. The largest absolute Gasteiger partial charge is 0.395 e. The Hall–Kier alpha value is -1.85. The number of aliphatic hydroxyl groups excluding tert-OH is 1. The van der Waals surface area contributed by atoms with Gasteiger partial charge in [0.25, 0.3) is 5.91 Å². The molecule has 2 heterocycles. The van der Waals surface area contributed by atoms with Crippen molar-refractivity contribution in [1.82, 2.24) is 14.4 Å². The van der Waals surface area contributed by atoms with E-state index in [1.807, 2.05) is 40.8 Å². The molecule has 5 nitrogen and oxygen atoms in total. The molecular formula is C17H21N3O2. The fraction of sp³-hybridized carbons (Fsp3) is 0.412. The average molecular weight is 299 g/mol. The molecule has 1 amide bonds. The molecule has 0 atom stereocenters. The summed E-state index contributed by atoms with van der Waals surface area (Å²) in [4.78, 5) is 16.7. The van der Waals surface area contributed by atoms with Gasteiger partial charge in [-0.3, -0.25) is 9.69 Å². The molecule has 0 aliphatic carbocycles. The number of carbonyl (C=O) groups excluding carboxylic acids is 1. The first-order valence-corrected chi connectivity index (χ1v) is 7.57. The second-order valence-electron chi connectivity index (χ2n) is 5.76. The normalized spacial score (nSPS) is 16.4. The monoisotopic (exact) mass is 299 g/mol. The molecule has 0 saturated carbocycles. The van der Waals surface area contributed by atoms with Crippen LogP contribution in [0.25, 0.3) is 10.9 Å². The number of nitrogens with zero attached hydrogens (tertiary/aromatic N) is 3. The van der Waals surface area contributed by atoms with E-state index in [0.29, 0.717) is 30.9 Å². The molecule has 22 heavy (non-hydrogen) atoms. The molecule has 1 N–H and O–H groups in total. The summed E-state index contributed by atoms with van der Waals surface area (Å²) in [7, 11) is 1.90. The molecule has 116 valence electrons. The molecule has 0 unspecified atom stereocenters. The number of β-amino-alcohol motifs (C(OH)–C–C–N with tert-alkyl or cyclic N) is 1. The molecule has 2 radical (unpaired) electrons. The first kappa shape index (κ1) is 15.1. The zero-order chi connectivity index (χ0) is 15.7. The molecular weight excluding hydrogens is 278 g/mol. The van der Waals surface area contributed by atoms with Gasteiger partial charge in [-0.25, -0.2) is 0 Å². The van der Waals surface area contributed by atoms with E-state index in [-0.39, 0.29) is 12.5 Å². The summed E-state index contributed by atoms with van der Waals surface area (Å²) in [5.41, 5.74) is 2.36. The lowest BCUT2D eigenvalue weighted by Crippen LogP contribution is -2.49. The third-order valence-electron chi connectivity index (χ3n) is 4.41. The van der Waals surface area contributed by atoms with Crippen LogP contribution in [0.15, 0.2) is 24.3 Å². The Morgan fingerprint density at radius 1 is 1.23 bits per heavy atom. The molecule has 2 aromatic rings. The van der Waals surface area contributed by atoms with E-state index in [2.05, 4.69) is 4.90 Å². The summed E-state index contributed by atoms with van der Waals surface area (Å²) in [6.45, 7) is 9.77. The summed E-state index contributed by atoms with van der Waals surface area (Å²) in [6, 6.07) is 7.64. The van der Waals surface area contributed by atoms with Crippen molar-refractivity contribution in [3.63, 3.8) is 0 Å². The van der Waals surface area contributed by atoms with Gasteiger partial charge in [0.15, 0.2) is 0 Å². The Bertz CT molecular complexity index is 685. The number of hydrogen-bond donors (Lipinski definition) is 1. The number of aromatic nitrogens is 1. The molecule has 1 saturated heterocycles. The van der Waals surface area contributed by atoms with Crippen molar-refractivity contribution < 1.29 is 9.90 Å². The number of hydrogen-bond acceptors (Lipinski definition) is 3. The van der Waals surface area contributed by atoms with Gasteiger partial charge >= 0.3 is 0 Å². The number of piperazine rings is 1. The van der Waals surface area contributed by atoms with Crippen LogP contribution in [-0.2, 0) is 7.05 Å². The van der Waals surface area contributed by atoms with E-state index in [0.717, 1.165) is 24.0 Å². The van der Waals surface area contributed by atoms with E-state index in [4.69, 9.17) is 12.0 Å². The van der Waals surface area contributed by atoms with Gasteiger partial charge in [0.1, 0.15) is 0 Å². The number of benzene rings is 1. The summed E-state index contributed by atoms with van der Waals surface area (Å²) in [6.07, 6.45) is 0. The average Bonchev–Trinajstić information content (AvgIpc) is 2.82. The third kappa shape index (κ3) is 2.74. The number of fused-ring (bicyclic) bond motifs is 1. The smallest absolute Gasteiger partial charge is 0.254 e. The van der Waals surface area contributed by atoms with E-state index < -0.39 is 0 Å². The first-order valence-electron chi connectivity index (χ1n) is 7.57. The van der Waals surface area contributed by atoms with Crippen molar-refractivity contribution in [1.29, 1.82) is 0 Å². The van der Waals surface area contributed by atoms with Gasteiger partial charge in [0.2, 0.25) is 0 Å². The molecule has 1 aromatic heterocycles. The lowest BCUT2D eigenvalue weighted by molar-refractivity contribution is 0.0615. The van der Waals surface area contributed by atoms with Crippen molar-refractivity contribution >= 4 is 16.8 Å². The molecule has 1 fully saturated rings. The molecule has 1 aromatic carbocycles. The highest BCUT2D eigenvalue weighted by Crippen LogP contribution is 2.21. The van der Waals surface area contributed by atoms with Crippen molar-refractivity contribution in [2.75, 3.05) is 39.3 Å². The van der Waals surface area contributed by atoms with Crippen LogP contribution in [0, 0.1) is 6.92 Å². The van der Waals surface area contributed by atoms with Crippen molar-refractivity contribution in [2.24, 2.45) is 7.05 Å². The van der Waals surface area contributed by atoms with E-state index in [1.54, 1.807) is 0 Å². The van der Waals surface area contributed by atoms with Crippen LogP contribution in [0.1, 0.15) is 16.1 Å². The number of carbonyl (C=O) groups is 1. The Morgan fingerprint density at radius 2 is 1.95 bits per heavy atom. The van der Waals surface area contributed by atoms with E-state index in [9.17, 15) is 4.79 Å². The highest BCUT2D eigenvalue weighted by atomic mass is 16.3. The minimum absolute atomic E-state index is 0.0605. The second-order valence-corrected chi connectivity index (χ2v) is 5.76. The van der Waals surface area contributed by atoms with Crippen molar-refractivity contribution in [3.8, 4) is 0 Å². The molecule has 3 rings (SSSR count). The van der Waals surface area contributed by atoms with Gasteiger partial charge in [0.05, 0.1) is 6.61 Å². The fourth-order valence-electron chi connectivity index (χ4n) is 2.98. The van der Waals surface area contributed by atoms with E-state index in [1.165, 1.54) is 0 Å². The van der Waals surface area contributed by atoms with Gasteiger partial charge in [-0.15, -0.1) is 0 Å². The van der Waals surface area contributed by atoms with Crippen LogP contribution in [0.3, 0.4) is 0 Å². The molecule has 0 spiro atoms. The lowest BCUT2D eigenvalue weighted by Gasteiger charge is -2.34. The van der Waals surface area contributed by atoms with Crippen molar-refractivity contribution in [3.05, 3.63) is 42.4 Å². The Morgan fingerprint density at radius 3 is 2.64 bits per heavy atom. The van der Waals surface area contributed by atoms with Crippen molar-refractivity contribution in [2.45, 2.75) is 0 Å². The molecule has 1 aliphatic heterocycles. The highest BCUT2D eigenvalue weighted by molar-refractivity contribution is 5.98. The maximum absolute atomic E-state index is 12.6. The summed E-state index contributed by atoms with van der Waals surface area (Å²) in [5.74, 6) is 0.0605. The summed E-state index contributed by atoms with van der Waals surface area (Å²) in [5, 5.41) is 10.0. The number of rotatable bonds is 3. The van der Waals surface area contributed by atoms with Crippen LogP contribution >= 0.6 is 0 Å². The van der Waals surface area contributed by atoms with Crippen LogP contribution in [0.4, 0.5) is 0 Å². The van der Waals surface area contributed by atoms with Crippen LogP contribution in [-0.4, -0.2) is 64.7 Å². The predicted molar refractivity (Wildman–Crippen MR) is 85.8 cm³/mol. The SMILES string of the molecule is [CH]c1cc2ccc(C(=O)N3CCN(CCO)CC3)cc2n1C. The lowest BCUT2D eigenvalue weighted by atomic mass is 10.1. The Balaban J connectivity index is 1.76. The predicted octanol–water partition coefficient (Wildman–Crippen LogP) is 0.988. The van der Waals surface area contributed by atoms with Gasteiger partial charge in [-0.05, 0) is 23.6 Å². The third-order valence-corrected chi connectivity index (χ3v) is 4.41. The number of amides is 1. The molecule has 5 heteroatoms. The quantitative estimate of drug-likeness (QED) is 0.919. The maximum Gasteiger partial charge on any atom is 0.254 e. The fourth-order valence-corrected chi connectivity index (χ4v) is 2.98. The van der Waals surface area contributed by atoms with Gasteiger partial charge in [0, 0.05) is 63.5 Å². The first-order chi connectivity index (χ1) is 10.6. The Labute approximate surface area is 130 Å². The molecule has 1 aliphatic rings. The van der Waals surface area contributed by atoms with Gasteiger partial charge < -0.3 is 14.6 Å². The summed E-state index contributed by atoms with van der Waals surface area (Å²) < 4.78 is 1.89. The second kappa shape index (κ2) is 6.10. The van der Waals surface area contributed by atoms with Crippen LogP contribution in [0.5, 0.6) is 0 Å². The van der Waals surface area contributed by atoms with Crippen LogP contribution in [0.2, 0.25) is 0 Å². The van der Waals surface area contributed by atoms with Gasteiger partial charge in [-0.1, -0.05) is 6.07 Å². The van der Waals surface area contributed by atoms with Gasteiger partial charge in [-0.2, -0.15) is 0 Å². The highest BCUT2D eigenvalue weighted by Gasteiger charge is 2.22. The van der Waals surface area contributed by atoms with Crippen LogP contribution < -0.4 is 0 Å².